The molecule has 0 radical (unpaired) electrons. The number of carbonyl (C=O) groups excluding carboxylic acids is 1. The van der Waals surface area contributed by atoms with Crippen LogP contribution >= 0.6 is 11.6 Å². The highest BCUT2D eigenvalue weighted by molar-refractivity contribution is 6.33. The van der Waals surface area contributed by atoms with E-state index in [4.69, 9.17) is 11.6 Å². The van der Waals surface area contributed by atoms with Crippen LogP contribution in [-0.4, -0.2) is 26.5 Å². The van der Waals surface area contributed by atoms with Crippen molar-refractivity contribution in [1.82, 2.24) is 20.6 Å². The summed E-state index contributed by atoms with van der Waals surface area (Å²) in [5.74, 6) is 0.235. The van der Waals surface area contributed by atoms with E-state index >= 15 is 0 Å². The number of aromatic nitrogens is 4. The van der Waals surface area contributed by atoms with Gasteiger partial charge in [-0.1, -0.05) is 11.6 Å². The van der Waals surface area contributed by atoms with Crippen molar-refractivity contribution < 1.29 is 4.79 Å². The van der Waals surface area contributed by atoms with E-state index in [1.165, 1.54) is 6.92 Å². The minimum atomic E-state index is -0.151. The van der Waals surface area contributed by atoms with Crippen LogP contribution in [0.2, 0.25) is 5.02 Å². The van der Waals surface area contributed by atoms with Gasteiger partial charge < -0.3 is 5.32 Å². The van der Waals surface area contributed by atoms with Gasteiger partial charge in [-0.2, -0.15) is 5.21 Å². The zero-order valence-corrected chi connectivity index (χ0v) is 9.12. The van der Waals surface area contributed by atoms with Crippen molar-refractivity contribution in [2.45, 2.75) is 6.92 Å². The minimum Gasteiger partial charge on any atom is -0.326 e. The van der Waals surface area contributed by atoms with E-state index in [0.717, 1.165) is 0 Å². The Hall–Kier alpha value is -1.95. The van der Waals surface area contributed by atoms with Crippen LogP contribution in [0.5, 0.6) is 0 Å². The SMILES string of the molecule is CC(=O)Nc1ccc(Cl)c(-c2nn[nH]n2)c1. The molecule has 6 nitrogen and oxygen atoms in total. The fourth-order valence-corrected chi connectivity index (χ4v) is 1.46. The van der Waals surface area contributed by atoms with Gasteiger partial charge in [-0.3, -0.25) is 4.79 Å². The third-order valence-electron chi connectivity index (χ3n) is 1.87. The van der Waals surface area contributed by atoms with Gasteiger partial charge >= 0.3 is 0 Å². The predicted molar refractivity (Wildman–Crippen MR) is 58.9 cm³/mol. The van der Waals surface area contributed by atoms with E-state index in [2.05, 4.69) is 25.9 Å². The standard InChI is InChI=1S/C9H8ClN5O/c1-5(16)11-6-2-3-8(10)7(4-6)9-12-14-15-13-9/h2-4H,1H3,(H,11,16)(H,12,13,14,15). The van der Waals surface area contributed by atoms with Gasteiger partial charge in [-0.25, -0.2) is 0 Å². The highest BCUT2D eigenvalue weighted by Crippen LogP contribution is 2.27. The summed E-state index contributed by atoms with van der Waals surface area (Å²) in [6, 6.07) is 5.06. The van der Waals surface area contributed by atoms with Gasteiger partial charge in [0.15, 0.2) is 0 Å². The molecule has 0 atom stereocenters. The first kappa shape index (κ1) is 10.6. The molecular formula is C9H8ClN5O. The Balaban J connectivity index is 2.41. The molecule has 0 fully saturated rings. The van der Waals surface area contributed by atoms with Crippen molar-refractivity contribution in [1.29, 1.82) is 0 Å². The lowest BCUT2D eigenvalue weighted by atomic mass is 10.2. The Morgan fingerprint density at radius 3 is 2.94 bits per heavy atom. The van der Waals surface area contributed by atoms with Gasteiger partial charge in [-0.15, -0.1) is 10.2 Å². The first-order chi connectivity index (χ1) is 7.66. The number of hydrogen-bond acceptors (Lipinski definition) is 4. The Kier molecular flexibility index (Phi) is 2.82. The first-order valence-electron chi connectivity index (χ1n) is 4.48. The third-order valence-corrected chi connectivity index (χ3v) is 2.20. The molecule has 0 bridgehead atoms. The molecule has 0 unspecified atom stereocenters. The molecule has 1 amide bonds. The van der Waals surface area contributed by atoms with Crippen molar-refractivity contribution >= 4 is 23.2 Å². The lowest BCUT2D eigenvalue weighted by Gasteiger charge is -2.04. The number of halogens is 1. The summed E-state index contributed by atoms with van der Waals surface area (Å²) in [4.78, 5) is 10.9. The summed E-state index contributed by atoms with van der Waals surface area (Å²) < 4.78 is 0. The molecule has 1 aromatic carbocycles. The molecule has 1 heterocycles. The summed E-state index contributed by atoms with van der Waals surface area (Å²) in [5, 5.41) is 16.6. The maximum Gasteiger partial charge on any atom is 0.221 e. The maximum atomic E-state index is 10.9. The van der Waals surface area contributed by atoms with E-state index in [9.17, 15) is 4.79 Å². The normalized spacial score (nSPS) is 10.1. The summed E-state index contributed by atoms with van der Waals surface area (Å²) in [7, 11) is 0. The van der Waals surface area contributed by atoms with Crippen molar-refractivity contribution in [2.75, 3.05) is 5.32 Å². The number of nitrogens with one attached hydrogen (secondary N) is 2. The molecule has 1 aromatic heterocycles. The van der Waals surface area contributed by atoms with E-state index in [0.29, 0.717) is 22.1 Å². The van der Waals surface area contributed by atoms with Crippen molar-refractivity contribution in [3.63, 3.8) is 0 Å². The first-order valence-corrected chi connectivity index (χ1v) is 4.85. The number of anilines is 1. The van der Waals surface area contributed by atoms with Gasteiger partial charge in [0.05, 0.1) is 5.02 Å². The molecule has 2 N–H and O–H groups in total. The van der Waals surface area contributed by atoms with Gasteiger partial charge in [0.1, 0.15) is 0 Å². The maximum absolute atomic E-state index is 10.9. The van der Waals surface area contributed by atoms with Crippen molar-refractivity contribution in [2.24, 2.45) is 0 Å². The van der Waals surface area contributed by atoms with Gasteiger partial charge in [0.25, 0.3) is 0 Å². The summed E-state index contributed by atoms with van der Waals surface area (Å²) in [6.45, 7) is 1.43. The summed E-state index contributed by atoms with van der Waals surface area (Å²) in [6.07, 6.45) is 0. The highest BCUT2D eigenvalue weighted by Gasteiger charge is 2.09. The van der Waals surface area contributed by atoms with Gasteiger partial charge in [0, 0.05) is 18.2 Å². The van der Waals surface area contributed by atoms with Crippen LogP contribution in [0.1, 0.15) is 6.92 Å². The number of hydrogen-bond donors (Lipinski definition) is 2. The van der Waals surface area contributed by atoms with E-state index in [1.807, 2.05) is 0 Å². The number of H-pyrrole nitrogens is 1. The Morgan fingerprint density at radius 1 is 1.50 bits per heavy atom. The van der Waals surface area contributed by atoms with Crippen LogP contribution < -0.4 is 5.32 Å². The molecule has 2 rings (SSSR count). The molecular weight excluding hydrogens is 230 g/mol. The van der Waals surface area contributed by atoms with E-state index in [-0.39, 0.29) is 5.91 Å². The lowest BCUT2D eigenvalue weighted by Crippen LogP contribution is -2.05. The molecule has 0 saturated heterocycles. The molecule has 82 valence electrons. The number of benzene rings is 1. The highest BCUT2D eigenvalue weighted by atomic mass is 35.5. The number of rotatable bonds is 2. The van der Waals surface area contributed by atoms with Crippen LogP contribution in [0.3, 0.4) is 0 Å². The van der Waals surface area contributed by atoms with Gasteiger partial charge in [0.2, 0.25) is 11.7 Å². The predicted octanol–water partition coefficient (Wildman–Crippen LogP) is 1.48. The third kappa shape index (κ3) is 2.17. The van der Waals surface area contributed by atoms with Crippen LogP contribution in [0.15, 0.2) is 18.2 Å². The number of aromatic amines is 1. The summed E-state index contributed by atoms with van der Waals surface area (Å²) in [5.41, 5.74) is 1.25. The zero-order chi connectivity index (χ0) is 11.5. The Morgan fingerprint density at radius 2 is 2.31 bits per heavy atom. The number of nitrogens with zero attached hydrogens (tertiary/aromatic N) is 3. The number of carbonyl (C=O) groups is 1. The molecule has 0 saturated carbocycles. The topological polar surface area (TPSA) is 83.6 Å². The van der Waals surface area contributed by atoms with Crippen molar-refractivity contribution in [3.05, 3.63) is 23.2 Å². The quantitative estimate of drug-likeness (QED) is 0.829. The van der Waals surface area contributed by atoms with Crippen molar-refractivity contribution in [3.8, 4) is 11.4 Å². The molecule has 16 heavy (non-hydrogen) atoms. The lowest BCUT2D eigenvalue weighted by molar-refractivity contribution is -0.114. The second-order valence-electron chi connectivity index (χ2n) is 3.11. The fourth-order valence-electron chi connectivity index (χ4n) is 1.25. The largest absolute Gasteiger partial charge is 0.326 e. The zero-order valence-electron chi connectivity index (χ0n) is 8.36. The number of amides is 1. The summed E-state index contributed by atoms with van der Waals surface area (Å²) >= 11 is 5.99. The van der Waals surface area contributed by atoms with Crippen LogP contribution in [0.25, 0.3) is 11.4 Å². The molecule has 7 heteroatoms. The van der Waals surface area contributed by atoms with E-state index < -0.39 is 0 Å². The molecule has 0 spiro atoms. The van der Waals surface area contributed by atoms with Crippen LogP contribution in [-0.2, 0) is 4.79 Å². The Bertz CT molecular complexity index is 511. The van der Waals surface area contributed by atoms with Crippen LogP contribution in [0, 0.1) is 0 Å². The van der Waals surface area contributed by atoms with E-state index in [1.54, 1.807) is 18.2 Å². The second-order valence-corrected chi connectivity index (χ2v) is 3.52. The smallest absolute Gasteiger partial charge is 0.221 e. The van der Waals surface area contributed by atoms with Gasteiger partial charge in [-0.05, 0) is 23.4 Å². The fraction of sp³-hybridized carbons (Fsp3) is 0.111. The second kappa shape index (κ2) is 4.28. The minimum absolute atomic E-state index is 0.151. The number of tetrazole rings is 1. The molecule has 0 aliphatic rings. The average molecular weight is 238 g/mol. The van der Waals surface area contributed by atoms with Crippen LogP contribution in [0.4, 0.5) is 5.69 Å². The average Bonchev–Trinajstić information content (AvgIpc) is 2.73. The molecule has 2 aromatic rings. The Labute approximate surface area is 96.0 Å². The monoisotopic (exact) mass is 237 g/mol. The molecule has 0 aliphatic heterocycles. The molecule has 0 aliphatic carbocycles.